The van der Waals surface area contributed by atoms with Gasteiger partial charge >= 0.3 is 11.0 Å². The SMILES string of the molecule is O=S(=O)(C(C[n+]1cccc2ccccc21)=S(=O)([O-])C(F)(F)F)C(F)(F)F. The molecule has 1 aromatic carbocycles. The third kappa shape index (κ3) is 3.50. The fourth-order valence-electron chi connectivity index (χ4n) is 2.07. The summed E-state index contributed by atoms with van der Waals surface area (Å²) in [5.41, 5.74) is -12.4. The molecule has 0 bridgehead atoms. The molecule has 0 radical (unpaired) electrons. The average molecular weight is 421 g/mol. The summed E-state index contributed by atoms with van der Waals surface area (Å²) in [7, 11) is -13.5. The number of benzene rings is 1. The highest BCUT2D eigenvalue weighted by atomic mass is 32.3. The second-order valence-electron chi connectivity index (χ2n) is 4.97. The maximum absolute atomic E-state index is 12.8. The molecule has 1 atom stereocenters. The fourth-order valence-corrected chi connectivity index (χ4v) is 4.93. The monoisotopic (exact) mass is 421 g/mol. The van der Waals surface area contributed by atoms with Gasteiger partial charge in [-0.15, -0.1) is 0 Å². The number of nitrogens with zero attached hydrogens (tertiary/aromatic N) is 1. The molecular weight excluding hydrogens is 412 g/mol. The normalized spacial score (nSPS) is 15.7. The zero-order chi connectivity index (χ0) is 20.0. The molecule has 144 valence electrons. The number of hydrogen-bond donors (Lipinski definition) is 0. The molecule has 2 rings (SSSR count). The van der Waals surface area contributed by atoms with Crippen molar-refractivity contribution >= 4 is 34.7 Å². The van der Waals surface area contributed by atoms with Crippen molar-refractivity contribution in [2.24, 2.45) is 0 Å². The maximum Gasteiger partial charge on any atom is 0.502 e. The van der Waals surface area contributed by atoms with Crippen molar-refractivity contribution in [1.82, 2.24) is 0 Å². The van der Waals surface area contributed by atoms with E-state index >= 15 is 0 Å². The largest absolute Gasteiger partial charge is 0.770 e. The highest BCUT2D eigenvalue weighted by Gasteiger charge is 2.54. The molecule has 0 saturated heterocycles. The molecule has 0 amide bonds. The van der Waals surface area contributed by atoms with E-state index in [2.05, 4.69) is 0 Å². The Hall–Kier alpha value is -1.86. The summed E-state index contributed by atoms with van der Waals surface area (Å²) < 4.78 is 121. The minimum Gasteiger partial charge on any atom is -0.770 e. The second-order valence-corrected chi connectivity index (χ2v) is 9.15. The topological polar surface area (TPSA) is 78.2 Å². The summed E-state index contributed by atoms with van der Waals surface area (Å²) in [5.74, 6) is 0. The van der Waals surface area contributed by atoms with Gasteiger partial charge in [0.2, 0.25) is 5.52 Å². The second kappa shape index (κ2) is 6.39. The molecule has 0 fully saturated rings. The van der Waals surface area contributed by atoms with Crippen molar-refractivity contribution in [2.45, 2.75) is 17.6 Å². The lowest BCUT2D eigenvalue weighted by Crippen LogP contribution is -2.48. The van der Waals surface area contributed by atoms with Gasteiger partial charge in [0.25, 0.3) is 9.84 Å². The third-order valence-electron chi connectivity index (χ3n) is 3.30. The molecule has 13 heteroatoms. The van der Waals surface area contributed by atoms with Crippen molar-refractivity contribution < 1.29 is 48.1 Å². The van der Waals surface area contributed by atoms with E-state index in [1.807, 2.05) is 0 Å². The van der Waals surface area contributed by atoms with Crippen molar-refractivity contribution in [3.63, 3.8) is 0 Å². The van der Waals surface area contributed by atoms with Gasteiger partial charge < -0.3 is 4.55 Å². The predicted octanol–water partition coefficient (Wildman–Crippen LogP) is 2.13. The minimum absolute atomic E-state index is 0.0437. The smallest absolute Gasteiger partial charge is 0.502 e. The molecule has 1 unspecified atom stereocenters. The standard InChI is InChI=1S/C13H9F6NO4S2/c14-12(15,16)25(21,22)11(26(23,24)13(17,18)19)8-20-7-3-5-9-4-1-2-6-10(9)20/h1-7H,8H2. The van der Waals surface area contributed by atoms with Crippen LogP contribution in [0.2, 0.25) is 0 Å². The van der Waals surface area contributed by atoms with Gasteiger partial charge in [0, 0.05) is 27.3 Å². The van der Waals surface area contributed by atoms with E-state index in [0.717, 1.165) is 6.20 Å². The summed E-state index contributed by atoms with van der Waals surface area (Å²) in [6.07, 6.45) is 0.972. The van der Waals surface area contributed by atoms with E-state index in [1.54, 1.807) is 0 Å². The first-order valence-electron chi connectivity index (χ1n) is 6.55. The van der Waals surface area contributed by atoms with Crippen molar-refractivity contribution in [2.75, 3.05) is 0 Å². The number of pyridine rings is 1. The molecule has 0 spiro atoms. The zero-order valence-corrected chi connectivity index (χ0v) is 14.0. The van der Waals surface area contributed by atoms with Gasteiger partial charge in [-0.2, -0.15) is 30.9 Å². The quantitative estimate of drug-likeness (QED) is 0.423. The van der Waals surface area contributed by atoms with Crippen LogP contribution in [0.1, 0.15) is 0 Å². The molecule has 0 aliphatic carbocycles. The van der Waals surface area contributed by atoms with Crippen LogP contribution in [0.3, 0.4) is 0 Å². The lowest BCUT2D eigenvalue weighted by molar-refractivity contribution is -0.654. The summed E-state index contributed by atoms with van der Waals surface area (Å²) in [6, 6.07) is 8.35. The summed E-state index contributed by atoms with van der Waals surface area (Å²) in [6.45, 7) is -1.66. The molecule has 2 aromatic rings. The molecule has 0 aliphatic heterocycles. The Morgan fingerprint density at radius 2 is 1.46 bits per heavy atom. The molecule has 1 heterocycles. The Morgan fingerprint density at radius 3 is 2.00 bits per heavy atom. The average Bonchev–Trinajstić information content (AvgIpc) is 2.50. The molecule has 0 aliphatic rings. The first kappa shape index (κ1) is 20.5. The van der Waals surface area contributed by atoms with Crippen LogP contribution in [-0.4, -0.2) is 32.4 Å². The number of halogens is 6. The molecule has 0 saturated carbocycles. The van der Waals surface area contributed by atoms with E-state index in [9.17, 15) is 43.5 Å². The first-order valence-corrected chi connectivity index (χ1v) is 9.52. The summed E-state index contributed by atoms with van der Waals surface area (Å²) in [5, 5.41) is 0.350. The fraction of sp³-hybridized carbons (Fsp3) is 0.231. The van der Waals surface area contributed by atoms with Gasteiger partial charge in [-0.3, -0.25) is 4.21 Å². The van der Waals surface area contributed by atoms with Crippen molar-refractivity contribution in [1.29, 1.82) is 0 Å². The molecular formula is C13H9F6NO4S2. The van der Waals surface area contributed by atoms with E-state index in [4.69, 9.17) is 0 Å². The van der Waals surface area contributed by atoms with Crippen LogP contribution in [0.5, 0.6) is 0 Å². The third-order valence-corrected chi connectivity index (χ3v) is 7.29. The van der Waals surface area contributed by atoms with Crippen LogP contribution >= 0.6 is 0 Å². The Balaban J connectivity index is 2.84. The van der Waals surface area contributed by atoms with Crippen LogP contribution in [0, 0.1) is 0 Å². The maximum atomic E-state index is 12.8. The van der Waals surface area contributed by atoms with Crippen molar-refractivity contribution in [3.05, 3.63) is 42.6 Å². The highest BCUT2D eigenvalue weighted by Crippen LogP contribution is 2.31. The number of para-hydroxylation sites is 1. The van der Waals surface area contributed by atoms with Crippen LogP contribution < -0.4 is 4.57 Å². The molecule has 1 aromatic heterocycles. The van der Waals surface area contributed by atoms with E-state index in [-0.39, 0.29) is 5.52 Å². The van der Waals surface area contributed by atoms with E-state index < -0.39 is 41.4 Å². The molecule has 26 heavy (non-hydrogen) atoms. The lowest BCUT2D eigenvalue weighted by atomic mass is 10.2. The van der Waals surface area contributed by atoms with E-state index in [1.165, 1.54) is 36.4 Å². The molecule has 0 N–H and O–H groups in total. The van der Waals surface area contributed by atoms with Crippen molar-refractivity contribution in [3.8, 4) is 0 Å². The summed E-state index contributed by atoms with van der Waals surface area (Å²) >= 11 is 0. The number of fused-ring (bicyclic) bond motifs is 1. The van der Waals surface area contributed by atoms with Crippen LogP contribution in [-0.2, 0) is 26.2 Å². The minimum atomic E-state index is -6.76. The Morgan fingerprint density at radius 1 is 0.923 bits per heavy atom. The number of hydrogen-bond acceptors (Lipinski definition) is 4. The van der Waals surface area contributed by atoms with E-state index in [0.29, 0.717) is 9.95 Å². The molecule has 5 nitrogen and oxygen atoms in total. The van der Waals surface area contributed by atoms with Crippen LogP contribution in [0.4, 0.5) is 26.3 Å². The van der Waals surface area contributed by atoms with Crippen LogP contribution in [0.25, 0.3) is 10.9 Å². The Bertz CT molecular complexity index is 1060. The number of rotatable bonds is 2. The van der Waals surface area contributed by atoms with Gasteiger partial charge in [-0.05, 0) is 12.1 Å². The predicted molar refractivity (Wildman–Crippen MR) is 79.1 cm³/mol. The van der Waals surface area contributed by atoms with Gasteiger partial charge in [-0.25, -0.2) is 8.42 Å². The van der Waals surface area contributed by atoms with Crippen LogP contribution in [0.15, 0.2) is 42.6 Å². The summed E-state index contributed by atoms with van der Waals surface area (Å²) in [4.78, 5) is 0. The van der Waals surface area contributed by atoms with Gasteiger partial charge in [0.15, 0.2) is 16.9 Å². The Labute approximate surface area is 143 Å². The Kier molecular flexibility index (Phi) is 5.02. The van der Waals surface area contributed by atoms with Gasteiger partial charge in [0.1, 0.15) is 0 Å². The number of sulfone groups is 1. The number of aromatic nitrogens is 1. The first-order chi connectivity index (χ1) is 11.7. The number of alkyl halides is 6. The zero-order valence-electron chi connectivity index (χ0n) is 12.4. The van der Waals surface area contributed by atoms with Gasteiger partial charge in [0.05, 0.1) is 0 Å². The highest BCUT2D eigenvalue weighted by molar-refractivity contribution is 8.22. The van der Waals surface area contributed by atoms with Gasteiger partial charge in [-0.1, -0.05) is 12.1 Å². The lowest BCUT2D eigenvalue weighted by Gasteiger charge is -2.23.